The van der Waals surface area contributed by atoms with Crippen molar-refractivity contribution in [2.45, 2.75) is 71.6 Å². The summed E-state index contributed by atoms with van der Waals surface area (Å²) >= 11 is 0. The molecule has 128 valence electrons. The number of hydrogen-bond donors (Lipinski definition) is 0. The normalized spacial score (nSPS) is 10.7. The number of aryl methyl sites for hydroxylation is 1. The van der Waals surface area contributed by atoms with Crippen LogP contribution in [0.1, 0.15) is 70.8 Å². The average molecular weight is 308 g/mol. The summed E-state index contributed by atoms with van der Waals surface area (Å²) in [6.45, 7) is 8.23. The van der Waals surface area contributed by atoms with Gasteiger partial charge in [-0.05, 0) is 44.5 Å². The Morgan fingerprint density at radius 1 is 0.682 bits per heavy atom. The molecule has 1 rings (SSSR count). The minimum absolute atomic E-state index is 0. The maximum atomic E-state index is 2.53. The van der Waals surface area contributed by atoms with Gasteiger partial charge >= 0.3 is 0 Å². The van der Waals surface area contributed by atoms with Crippen LogP contribution in [0.15, 0.2) is 30.3 Å². The van der Waals surface area contributed by atoms with Crippen molar-refractivity contribution in [3.8, 4) is 0 Å². The third-order valence-electron chi connectivity index (χ3n) is 4.43. The van der Waals surface area contributed by atoms with E-state index in [-0.39, 0.29) is 5.48 Å². The third kappa shape index (κ3) is 10.8. The fourth-order valence-electron chi connectivity index (χ4n) is 2.91. The van der Waals surface area contributed by atoms with E-state index in [1.54, 1.807) is 0 Å². The molecule has 2 nitrogen and oxygen atoms in total. The van der Waals surface area contributed by atoms with Crippen LogP contribution in [0.3, 0.4) is 0 Å². The molecule has 0 aliphatic heterocycles. The van der Waals surface area contributed by atoms with E-state index in [4.69, 9.17) is 0 Å². The van der Waals surface area contributed by atoms with E-state index in [1.807, 2.05) is 0 Å². The zero-order valence-electron chi connectivity index (χ0n) is 14.8. The molecule has 0 atom stereocenters. The molecule has 0 bridgehead atoms. The van der Waals surface area contributed by atoms with Gasteiger partial charge in [-0.3, -0.25) is 0 Å². The monoisotopic (exact) mass is 307 g/mol. The highest BCUT2D eigenvalue weighted by molar-refractivity contribution is 5.14. The fourth-order valence-corrected chi connectivity index (χ4v) is 2.91. The first-order valence-corrected chi connectivity index (χ1v) is 9.13. The van der Waals surface area contributed by atoms with Crippen molar-refractivity contribution in [3.63, 3.8) is 0 Å². The zero-order valence-corrected chi connectivity index (χ0v) is 14.8. The summed E-state index contributed by atoms with van der Waals surface area (Å²) in [5, 5.41) is 0. The second-order valence-electron chi connectivity index (χ2n) is 6.09. The Kier molecular flexibility index (Phi) is 14.5. The van der Waals surface area contributed by atoms with Crippen LogP contribution >= 0.6 is 0 Å². The van der Waals surface area contributed by atoms with Gasteiger partial charge < -0.3 is 10.4 Å². The molecule has 0 fully saturated rings. The highest BCUT2D eigenvalue weighted by atomic mass is 16.0. The van der Waals surface area contributed by atoms with Gasteiger partial charge in [-0.15, -0.1) is 0 Å². The van der Waals surface area contributed by atoms with Gasteiger partial charge in [-0.2, -0.15) is 0 Å². The van der Waals surface area contributed by atoms with Crippen molar-refractivity contribution in [3.05, 3.63) is 35.9 Å². The van der Waals surface area contributed by atoms with Gasteiger partial charge in [0.15, 0.2) is 0 Å². The smallest absolute Gasteiger partial charge is 0.00190 e. The summed E-state index contributed by atoms with van der Waals surface area (Å²) in [5.41, 5.74) is 1.49. The predicted octanol–water partition coefficient (Wildman–Crippen LogP) is 4.87. The van der Waals surface area contributed by atoms with Crippen LogP contribution < -0.4 is 0 Å². The number of benzene rings is 1. The topological polar surface area (TPSA) is 34.7 Å². The highest BCUT2D eigenvalue weighted by Gasteiger charge is 1.98. The first-order valence-electron chi connectivity index (χ1n) is 9.13. The van der Waals surface area contributed by atoms with Crippen LogP contribution in [0.2, 0.25) is 0 Å². The Morgan fingerprint density at radius 2 is 1.18 bits per heavy atom. The van der Waals surface area contributed by atoms with Crippen molar-refractivity contribution in [1.29, 1.82) is 0 Å². The molecule has 0 aliphatic carbocycles. The maximum absolute atomic E-state index is 2.53. The van der Waals surface area contributed by atoms with Crippen molar-refractivity contribution in [2.75, 3.05) is 19.6 Å². The van der Waals surface area contributed by atoms with Crippen LogP contribution in [-0.2, 0) is 6.42 Å². The van der Waals surface area contributed by atoms with Gasteiger partial charge in [0.1, 0.15) is 0 Å². The van der Waals surface area contributed by atoms with E-state index in [9.17, 15) is 0 Å². The highest BCUT2D eigenvalue weighted by Crippen LogP contribution is 2.11. The number of rotatable bonds is 13. The van der Waals surface area contributed by atoms with Crippen LogP contribution in [0.5, 0.6) is 0 Å². The number of unbranched alkanes of at least 4 members (excludes halogenated alkanes) is 7. The van der Waals surface area contributed by atoms with Crippen molar-refractivity contribution in [2.24, 2.45) is 0 Å². The summed E-state index contributed by atoms with van der Waals surface area (Å²) in [7, 11) is 0. The molecule has 0 saturated heterocycles. The number of nitrogens with zero attached hydrogens (tertiary/aromatic N) is 1. The van der Waals surface area contributed by atoms with E-state index in [2.05, 4.69) is 49.1 Å². The molecule has 0 heterocycles. The summed E-state index contributed by atoms with van der Waals surface area (Å²) in [6.07, 6.45) is 12.5. The Balaban J connectivity index is 0.00000441. The second-order valence-corrected chi connectivity index (χ2v) is 6.09. The van der Waals surface area contributed by atoms with Crippen molar-refractivity contribution in [1.82, 2.24) is 4.90 Å². The lowest BCUT2D eigenvalue weighted by Gasteiger charge is -2.17. The molecule has 0 aliphatic rings. The second kappa shape index (κ2) is 15.1. The average Bonchev–Trinajstić information content (AvgIpc) is 2.54. The van der Waals surface area contributed by atoms with Crippen molar-refractivity contribution >= 4 is 0 Å². The number of hydrogen-bond acceptors (Lipinski definition) is 1. The molecule has 0 aromatic heterocycles. The molecule has 0 radical (unpaired) electrons. The SMILES string of the molecule is CCN(CC)CCCCCCCCCCc1ccccc1.O. The van der Waals surface area contributed by atoms with Crippen LogP contribution in [0, 0.1) is 0 Å². The Labute approximate surface area is 138 Å². The summed E-state index contributed by atoms with van der Waals surface area (Å²) in [6, 6.07) is 10.9. The molecule has 22 heavy (non-hydrogen) atoms. The third-order valence-corrected chi connectivity index (χ3v) is 4.43. The molecule has 0 unspecified atom stereocenters. The van der Waals surface area contributed by atoms with Gasteiger partial charge in [0.25, 0.3) is 0 Å². The van der Waals surface area contributed by atoms with Crippen LogP contribution in [0.4, 0.5) is 0 Å². The van der Waals surface area contributed by atoms with E-state index in [1.165, 1.54) is 83.0 Å². The standard InChI is InChI=1S/C20H35N.H2O/c1-3-21(4-2)19-15-10-8-6-5-7-9-12-16-20-17-13-11-14-18-20;/h11,13-14,17-18H,3-10,12,15-16,19H2,1-2H3;1H2. The maximum Gasteiger partial charge on any atom is -0.00190 e. The Morgan fingerprint density at radius 3 is 1.73 bits per heavy atom. The summed E-state index contributed by atoms with van der Waals surface area (Å²) in [5.74, 6) is 0. The lowest BCUT2D eigenvalue weighted by molar-refractivity contribution is 0.295. The Hall–Kier alpha value is -0.860. The summed E-state index contributed by atoms with van der Waals surface area (Å²) < 4.78 is 0. The molecule has 0 saturated carbocycles. The molecule has 1 aromatic carbocycles. The lowest BCUT2D eigenvalue weighted by atomic mass is 10.0. The quantitative estimate of drug-likeness (QED) is 0.479. The largest absolute Gasteiger partial charge is 0.412 e. The van der Waals surface area contributed by atoms with Gasteiger partial charge in [-0.25, -0.2) is 0 Å². The van der Waals surface area contributed by atoms with Gasteiger partial charge in [0, 0.05) is 0 Å². The van der Waals surface area contributed by atoms with Gasteiger partial charge in [-0.1, -0.05) is 82.7 Å². The van der Waals surface area contributed by atoms with Gasteiger partial charge in [0.05, 0.1) is 0 Å². The lowest BCUT2D eigenvalue weighted by Crippen LogP contribution is -2.23. The molecule has 0 amide bonds. The van der Waals surface area contributed by atoms with Crippen LogP contribution in [0.25, 0.3) is 0 Å². The molecular weight excluding hydrogens is 270 g/mol. The minimum Gasteiger partial charge on any atom is -0.412 e. The Bertz CT molecular complexity index is 322. The first-order chi connectivity index (χ1) is 10.4. The fraction of sp³-hybridized carbons (Fsp3) is 0.700. The molecular formula is C20H37NO. The molecule has 1 aromatic rings. The molecule has 2 N–H and O–H groups in total. The summed E-state index contributed by atoms with van der Waals surface area (Å²) in [4.78, 5) is 2.53. The van der Waals surface area contributed by atoms with Crippen molar-refractivity contribution < 1.29 is 5.48 Å². The van der Waals surface area contributed by atoms with E-state index >= 15 is 0 Å². The van der Waals surface area contributed by atoms with Crippen LogP contribution in [-0.4, -0.2) is 30.0 Å². The zero-order chi connectivity index (χ0) is 15.2. The molecule has 0 spiro atoms. The predicted molar refractivity (Wildman–Crippen MR) is 98.5 cm³/mol. The molecule has 2 heteroatoms. The van der Waals surface area contributed by atoms with Gasteiger partial charge in [0.2, 0.25) is 0 Å². The van der Waals surface area contributed by atoms with E-state index in [0.29, 0.717) is 0 Å². The van der Waals surface area contributed by atoms with E-state index < -0.39 is 0 Å². The first kappa shape index (κ1) is 21.1. The minimum atomic E-state index is 0. The van der Waals surface area contributed by atoms with E-state index in [0.717, 1.165) is 0 Å².